The quantitative estimate of drug-likeness (QED) is 0.646. The first kappa shape index (κ1) is 9.51. The van der Waals surface area contributed by atoms with Gasteiger partial charge < -0.3 is 0 Å². The second-order valence-electron chi connectivity index (χ2n) is 4.17. The van der Waals surface area contributed by atoms with E-state index in [2.05, 4.69) is 42.5 Å². The average Bonchev–Trinajstić information content (AvgIpc) is 2.29. The molecule has 2 rings (SSSR count). The zero-order valence-electron chi connectivity index (χ0n) is 8.65. The maximum Gasteiger partial charge on any atom is -0.0230 e. The second kappa shape index (κ2) is 4.99. The Labute approximate surface area is 86.7 Å². The van der Waals surface area contributed by atoms with Gasteiger partial charge >= 0.3 is 0 Å². The monoisotopic (exact) mass is 186 g/mol. The standard InChI is InChI=1S/C14H18/c1-3-7-13(8-4-1)11-12-14-9-5-2-6-10-14/h1,3-4,7-8,11-12,14H,2,5-6,9-10H2/b12-11-. The molecule has 0 N–H and O–H groups in total. The lowest BCUT2D eigenvalue weighted by molar-refractivity contribution is 0.420. The molecule has 0 atom stereocenters. The first-order valence-corrected chi connectivity index (χ1v) is 5.68. The van der Waals surface area contributed by atoms with E-state index in [0.717, 1.165) is 5.92 Å². The summed E-state index contributed by atoms with van der Waals surface area (Å²) >= 11 is 0. The highest BCUT2D eigenvalue weighted by molar-refractivity contribution is 5.48. The molecule has 0 radical (unpaired) electrons. The van der Waals surface area contributed by atoms with Crippen LogP contribution in [-0.4, -0.2) is 0 Å². The van der Waals surface area contributed by atoms with E-state index >= 15 is 0 Å². The Bertz CT molecular complexity index is 278. The van der Waals surface area contributed by atoms with Gasteiger partial charge in [0, 0.05) is 0 Å². The van der Waals surface area contributed by atoms with Crippen molar-refractivity contribution in [2.75, 3.05) is 0 Å². The molecule has 14 heavy (non-hydrogen) atoms. The van der Waals surface area contributed by atoms with E-state index in [9.17, 15) is 0 Å². The predicted octanol–water partition coefficient (Wildman–Crippen LogP) is 4.28. The Morgan fingerprint density at radius 2 is 1.64 bits per heavy atom. The molecule has 0 heterocycles. The van der Waals surface area contributed by atoms with E-state index in [1.54, 1.807) is 0 Å². The predicted molar refractivity (Wildman–Crippen MR) is 62.1 cm³/mol. The normalized spacial score (nSPS) is 18.9. The summed E-state index contributed by atoms with van der Waals surface area (Å²) in [4.78, 5) is 0. The van der Waals surface area contributed by atoms with Gasteiger partial charge in [0.2, 0.25) is 0 Å². The van der Waals surface area contributed by atoms with E-state index in [1.807, 2.05) is 0 Å². The van der Waals surface area contributed by atoms with Crippen LogP contribution in [0.15, 0.2) is 36.4 Å². The Kier molecular flexibility index (Phi) is 3.39. The van der Waals surface area contributed by atoms with Crippen LogP contribution in [0.4, 0.5) is 0 Å². The number of rotatable bonds is 2. The van der Waals surface area contributed by atoms with Crippen molar-refractivity contribution >= 4 is 6.08 Å². The Balaban J connectivity index is 1.93. The summed E-state index contributed by atoms with van der Waals surface area (Å²) in [5.41, 5.74) is 1.33. The van der Waals surface area contributed by atoms with Gasteiger partial charge in [-0.3, -0.25) is 0 Å². The molecule has 74 valence electrons. The Hall–Kier alpha value is -1.04. The zero-order valence-corrected chi connectivity index (χ0v) is 8.65. The summed E-state index contributed by atoms with van der Waals surface area (Å²) in [5, 5.41) is 0. The minimum atomic E-state index is 0.837. The maximum atomic E-state index is 2.40. The van der Waals surface area contributed by atoms with Crippen LogP contribution >= 0.6 is 0 Å². The number of allylic oxidation sites excluding steroid dienone is 1. The highest BCUT2D eigenvalue weighted by Gasteiger charge is 2.09. The molecular formula is C14H18. The van der Waals surface area contributed by atoms with Crippen LogP contribution in [-0.2, 0) is 0 Å². The van der Waals surface area contributed by atoms with Crippen LogP contribution in [0.1, 0.15) is 37.7 Å². The lowest BCUT2D eigenvalue weighted by Gasteiger charge is -2.17. The van der Waals surface area contributed by atoms with Crippen molar-refractivity contribution in [1.82, 2.24) is 0 Å². The number of benzene rings is 1. The minimum Gasteiger partial charge on any atom is -0.0808 e. The molecule has 1 aromatic rings. The highest BCUT2D eigenvalue weighted by Crippen LogP contribution is 2.25. The van der Waals surface area contributed by atoms with Crippen molar-refractivity contribution < 1.29 is 0 Å². The molecule has 0 amide bonds. The van der Waals surface area contributed by atoms with Gasteiger partial charge in [-0.05, 0) is 24.3 Å². The van der Waals surface area contributed by atoms with Crippen molar-refractivity contribution in [1.29, 1.82) is 0 Å². The van der Waals surface area contributed by atoms with Crippen LogP contribution in [0, 0.1) is 5.92 Å². The highest BCUT2D eigenvalue weighted by atomic mass is 14.1. The summed E-state index contributed by atoms with van der Waals surface area (Å²) in [6.07, 6.45) is 11.7. The lowest BCUT2D eigenvalue weighted by Crippen LogP contribution is -2.02. The zero-order chi connectivity index (χ0) is 9.64. The van der Waals surface area contributed by atoms with Crippen LogP contribution in [0.25, 0.3) is 6.08 Å². The van der Waals surface area contributed by atoms with Crippen LogP contribution in [0.3, 0.4) is 0 Å². The molecule has 0 aromatic heterocycles. The van der Waals surface area contributed by atoms with Gasteiger partial charge in [0.05, 0.1) is 0 Å². The summed E-state index contributed by atoms with van der Waals surface area (Å²) in [6.45, 7) is 0. The molecule has 1 aromatic carbocycles. The number of hydrogen-bond donors (Lipinski definition) is 0. The van der Waals surface area contributed by atoms with Gasteiger partial charge in [-0.2, -0.15) is 0 Å². The van der Waals surface area contributed by atoms with E-state index in [0.29, 0.717) is 0 Å². The van der Waals surface area contributed by atoms with Gasteiger partial charge in [-0.25, -0.2) is 0 Å². The molecule has 0 heteroatoms. The lowest BCUT2D eigenvalue weighted by atomic mass is 9.89. The molecule has 1 aliphatic carbocycles. The molecule has 0 bridgehead atoms. The van der Waals surface area contributed by atoms with Crippen LogP contribution in [0.5, 0.6) is 0 Å². The van der Waals surface area contributed by atoms with Crippen molar-refractivity contribution in [2.24, 2.45) is 5.92 Å². The fraction of sp³-hybridized carbons (Fsp3) is 0.429. The summed E-state index contributed by atoms with van der Waals surface area (Å²) in [7, 11) is 0. The summed E-state index contributed by atoms with van der Waals surface area (Å²) in [5.74, 6) is 0.837. The minimum absolute atomic E-state index is 0.837. The molecule has 0 aliphatic heterocycles. The largest absolute Gasteiger partial charge is 0.0808 e. The topological polar surface area (TPSA) is 0 Å². The molecule has 0 spiro atoms. The molecular weight excluding hydrogens is 168 g/mol. The van der Waals surface area contributed by atoms with Gasteiger partial charge in [0.15, 0.2) is 0 Å². The summed E-state index contributed by atoms with van der Waals surface area (Å²) < 4.78 is 0. The third-order valence-electron chi connectivity index (χ3n) is 3.01. The van der Waals surface area contributed by atoms with Crippen molar-refractivity contribution in [3.05, 3.63) is 42.0 Å². The smallest absolute Gasteiger partial charge is 0.0230 e. The summed E-state index contributed by atoms with van der Waals surface area (Å²) in [6, 6.07) is 10.6. The number of hydrogen-bond acceptors (Lipinski definition) is 0. The second-order valence-corrected chi connectivity index (χ2v) is 4.17. The fourth-order valence-corrected chi connectivity index (χ4v) is 2.14. The van der Waals surface area contributed by atoms with Crippen LogP contribution in [0.2, 0.25) is 0 Å². The first-order chi connectivity index (χ1) is 6.95. The van der Waals surface area contributed by atoms with E-state index in [-0.39, 0.29) is 0 Å². The van der Waals surface area contributed by atoms with Gasteiger partial charge in [0.1, 0.15) is 0 Å². The van der Waals surface area contributed by atoms with Gasteiger partial charge in [-0.15, -0.1) is 0 Å². The third-order valence-corrected chi connectivity index (χ3v) is 3.01. The van der Waals surface area contributed by atoms with E-state index < -0.39 is 0 Å². The first-order valence-electron chi connectivity index (χ1n) is 5.68. The Morgan fingerprint density at radius 1 is 0.929 bits per heavy atom. The van der Waals surface area contributed by atoms with E-state index in [4.69, 9.17) is 0 Å². The molecule has 0 nitrogen and oxygen atoms in total. The van der Waals surface area contributed by atoms with Crippen molar-refractivity contribution in [3.63, 3.8) is 0 Å². The Morgan fingerprint density at radius 3 is 2.36 bits per heavy atom. The van der Waals surface area contributed by atoms with Gasteiger partial charge in [-0.1, -0.05) is 61.7 Å². The molecule has 1 saturated carbocycles. The molecule has 1 aliphatic rings. The van der Waals surface area contributed by atoms with Gasteiger partial charge in [0.25, 0.3) is 0 Å². The average molecular weight is 186 g/mol. The third kappa shape index (κ3) is 2.73. The van der Waals surface area contributed by atoms with E-state index in [1.165, 1.54) is 37.7 Å². The SMILES string of the molecule is C(=C/C1CCCCC1)/c1ccccc1. The molecule has 0 unspecified atom stereocenters. The van der Waals surface area contributed by atoms with Crippen LogP contribution < -0.4 is 0 Å². The molecule has 0 saturated heterocycles. The molecule has 1 fully saturated rings. The fourth-order valence-electron chi connectivity index (χ4n) is 2.14. The van der Waals surface area contributed by atoms with Crippen molar-refractivity contribution in [3.8, 4) is 0 Å². The maximum absolute atomic E-state index is 2.40. The van der Waals surface area contributed by atoms with Crippen molar-refractivity contribution in [2.45, 2.75) is 32.1 Å².